The third-order valence-corrected chi connectivity index (χ3v) is 1.17. The number of nitrogens with zero attached hydrogens (tertiary/aromatic N) is 1. The van der Waals surface area contributed by atoms with Gasteiger partial charge in [-0.25, -0.2) is 6.07 Å². The molecule has 0 amide bonds. The summed E-state index contributed by atoms with van der Waals surface area (Å²) in [5, 5.41) is 0. The van der Waals surface area contributed by atoms with Crippen molar-refractivity contribution < 1.29 is 37.1 Å². The fraction of sp³-hybridized carbons (Fsp3) is 0. The molecule has 0 fully saturated rings. The Morgan fingerprint density at radius 2 is 2.40 bits per heavy atom. The Morgan fingerprint density at radius 3 is 3.20 bits per heavy atom. The van der Waals surface area contributed by atoms with E-state index in [4.69, 9.17) is 4.42 Å². The summed E-state index contributed by atoms with van der Waals surface area (Å²) < 4.78 is 5.02. The Bertz CT molecular complexity index is 288. The smallest absolute Gasteiger partial charge is 0.0670 e. The van der Waals surface area contributed by atoms with Crippen LogP contribution in [0.15, 0.2) is 29.0 Å². The second-order valence-corrected chi connectivity index (χ2v) is 1.74. The van der Waals surface area contributed by atoms with Gasteiger partial charge in [0.2, 0.25) is 0 Å². The topological polar surface area (TPSA) is 26.0 Å². The number of rotatable bonds is 0. The Labute approximate surface area is 83.5 Å². The summed E-state index contributed by atoms with van der Waals surface area (Å²) >= 11 is 0. The standard InChI is InChI=1S/C7H4NO.Y/c1-2-7-6(8-4-1)3-5-9-7;/h2-5H;/q-1;. The van der Waals surface area contributed by atoms with Gasteiger partial charge in [0.05, 0.1) is 6.26 Å². The molecule has 0 spiro atoms. The van der Waals surface area contributed by atoms with Gasteiger partial charge in [-0.15, -0.1) is 0 Å². The van der Waals surface area contributed by atoms with Crippen LogP contribution < -0.4 is 0 Å². The third-order valence-electron chi connectivity index (χ3n) is 1.17. The summed E-state index contributed by atoms with van der Waals surface area (Å²) in [4.78, 5) is 3.99. The van der Waals surface area contributed by atoms with Gasteiger partial charge >= 0.3 is 0 Å². The largest absolute Gasteiger partial charge is 0.549 e. The zero-order valence-electron chi connectivity index (χ0n) is 5.24. The zero-order chi connectivity index (χ0) is 6.10. The molecule has 1 radical (unpaired) electrons. The minimum atomic E-state index is 0. The van der Waals surface area contributed by atoms with Crippen molar-refractivity contribution in [2.24, 2.45) is 0 Å². The molecule has 0 aliphatic heterocycles. The first kappa shape index (κ1) is 7.90. The van der Waals surface area contributed by atoms with Crippen LogP contribution in [0, 0.1) is 6.07 Å². The number of hydrogen-bond acceptors (Lipinski definition) is 2. The molecule has 0 unspecified atom stereocenters. The average molecular weight is 207 g/mol. The van der Waals surface area contributed by atoms with Crippen molar-refractivity contribution in [1.29, 1.82) is 0 Å². The molecule has 0 bridgehead atoms. The van der Waals surface area contributed by atoms with Crippen LogP contribution in [0.2, 0.25) is 0 Å². The van der Waals surface area contributed by atoms with E-state index in [0.29, 0.717) is 0 Å². The van der Waals surface area contributed by atoms with E-state index in [9.17, 15) is 0 Å². The first-order valence-electron chi connectivity index (χ1n) is 2.66. The number of hydrogen-bond donors (Lipinski definition) is 0. The maximum Gasteiger partial charge on any atom is 0.0670 e. The van der Waals surface area contributed by atoms with Crippen molar-refractivity contribution >= 4 is 11.1 Å². The van der Waals surface area contributed by atoms with E-state index in [1.165, 1.54) is 0 Å². The summed E-state index contributed by atoms with van der Waals surface area (Å²) in [6.07, 6.45) is 3.24. The van der Waals surface area contributed by atoms with Gasteiger partial charge < -0.3 is 4.42 Å². The Kier molecular flexibility index (Phi) is 2.58. The molecule has 0 aromatic carbocycles. The number of pyridine rings is 1. The predicted molar refractivity (Wildman–Crippen MR) is 32.8 cm³/mol. The molecular formula is C7H4NOY-. The maximum atomic E-state index is 5.02. The van der Waals surface area contributed by atoms with E-state index in [0.717, 1.165) is 11.1 Å². The molecule has 2 heterocycles. The molecule has 10 heavy (non-hydrogen) atoms. The van der Waals surface area contributed by atoms with Crippen LogP contribution in [0.25, 0.3) is 11.1 Å². The van der Waals surface area contributed by atoms with Crippen molar-refractivity contribution in [3.05, 3.63) is 30.7 Å². The first-order chi connectivity index (χ1) is 4.47. The molecule has 0 aliphatic carbocycles. The van der Waals surface area contributed by atoms with Gasteiger partial charge in [-0.1, -0.05) is 6.20 Å². The molecular weight excluding hydrogens is 203 g/mol. The van der Waals surface area contributed by atoms with Crippen molar-refractivity contribution in [2.45, 2.75) is 0 Å². The van der Waals surface area contributed by atoms with Crippen molar-refractivity contribution in [3.63, 3.8) is 0 Å². The molecule has 2 aromatic rings. The van der Waals surface area contributed by atoms with E-state index in [-0.39, 0.29) is 32.7 Å². The van der Waals surface area contributed by atoms with E-state index in [1.807, 2.05) is 6.07 Å². The van der Waals surface area contributed by atoms with Crippen LogP contribution in [-0.4, -0.2) is 4.98 Å². The summed E-state index contributed by atoms with van der Waals surface area (Å²) in [6, 6.07) is 6.41. The second-order valence-electron chi connectivity index (χ2n) is 1.74. The minimum absolute atomic E-state index is 0. The maximum absolute atomic E-state index is 5.02. The molecule has 0 saturated heterocycles. The minimum Gasteiger partial charge on any atom is -0.549 e. The molecule has 47 valence electrons. The average Bonchev–Trinajstić information content (AvgIpc) is 2.33. The van der Waals surface area contributed by atoms with Gasteiger partial charge in [-0.2, -0.15) is 6.07 Å². The van der Waals surface area contributed by atoms with Gasteiger partial charge in [-0.3, -0.25) is 4.98 Å². The number of aromatic nitrogens is 1. The zero-order valence-corrected chi connectivity index (χ0v) is 8.08. The molecule has 2 aromatic heterocycles. The Morgan fingerprint density at radius 1 is 1.50 bits per heavy atom. The van der Waals surface area contributed by atoms with Gasteiger partial charge in [0.15, 0.2) is 0 Å². The van der Waals surface area contributed by atoms with Gasteiger partial charge in [-0.05, 0) is 11.6 Å². The summed E-state index contributed by atoms with van der Waals surface area (Å²) in [7, 11) is 0. The summed E-state index contributed by atoms with van der Waals surface area (Å²) in [5.41, 5.74) is 1.67. The predicted octanol–water partition coefficient (Wildman–Crippen LogP) is 1.63. The van der Waals surface area contributed by atoms with Gasteiger partial charge in [0.25, 0.3) is 0 Å². The van der Waals surface area contributed by atoms with Crippen molar-refractivity contribution in [1.82, 2.24) is 4.98 Å². The van der Waals surface area contributed by atoms with Crippen LogP contribution in [0.1, 0.15) is 0 Å². The van der Waals surface area contributed by atoms with E-state index >= 15 is 0 Å². The Balaban J connectivity index is 0.000000500. The molecule has 2 nitrogen and oxygen atoms in total. The van der Waals surface area contributed by atoms with Crippen molar-refractivity contribution in [2.75, 3.05) is 0 Å². The first-order valence-corrected chi connectivity index (χ1v) is 2.66. The fourth-order valence-electron chi connectivity index (χ4n) is 0.749. The Hall–Kier alpha value is -0.206. The van der Waals surface area contributed by atoms with Gasteiger partial charge in [0, 0.05) is 38.2 Å². The quantitative estimate of drug-likeness (QED) is 0.613. The van der Waals surface area contributed by atoms with Crippen LogP contribution in [-0.2, 0) is 32.7 Å². The van der Waals surface area contributed by atoms with E-state index in [2.05, 4.69) is 11.1 Å². The SMILES string of the molecule is [Y].[c-]1cnc2ccoc2c1. The van der Waals surface area contributed by atoms with Crippen LogP contribution in [0.3, 0.4) is 0 Å². The third kappa shape index (κ3) is 1.28. The van der Waals surface area contributed by atoms with Crippen LogP contribution in [0.5, 0.6) is 0 Å². The molecule has 0 atom stereocenters. The van der Waals surface area contributed by atoms with Crippen LogP contribution in [0.4, 0.5) is 0 Å². The van der Waals surface area contributed by atoms with E-state index < -0.39 is 0 Å². The number of fused-ring (bicyclic) bond motifs is 1. The molecule has 0 aliphatic rings. The van der Waals surface area contributed by atoms with E-state index in [1.54, 1.807) is 18.5 Å². The monoisotopic (exact) mass is 207 g/mol. The molecule has 0 saturated carbocycles. The van der Waals surface area contributed by atoms with Gasteiger partial charge in [0.1, 0.15) is 0 Å². The fourth-order valence-corrected chi connectivity index (χ4v) is 0.749. The molecule has 2 rings (SSSR count). The van der Waals surface area contributed by atoms with Crippen molar-refractivity contribution in [3.8, 4) is 0 Å². The molecule has 0 N–H and O–H groups in total. The molecule has 3 heteroatoms. The second kappa shape index (κ2) is 3.26. The number of furan rings is 1. The summed E-state index contributed by atoms with van der Waals surface area (Å²) in [5.74, 6) is 0. The normalized spacial score (nSPS) is 9.20. The summed E-state index contributed by atoms with van der Waals surface area (Å²) in [6.45, 7) is 0. The van der Waals surface area contributed by atoms with Crippen LogP contribution >= 0.6 is 0 Å².